The second-order valence-electron chi connectivity index (χ2n) is 5.01. The van der Waals surface area contributed by atoms with E-state index in [4.69, 9.17) is 4.74 Å². The third kappa shape index (κ3) is 2.58. The smallest absolute Gasteiger partial charge is 0.230 e. The van der Waals surface area contributed by atoms with Crippen LogP contribution in [-0.4, -0.2) is 28.8 Å². The molecule has 2 atom stereocenters. The number of nitrogens with one attached hydrogen (secondary N) is 2. The predicted molar refractivity (Wildman–Crippen MR) is 76.2 cm³/mol. The average molecular weight is 271 g/mol. The van der Waals surface area contributed by atoms with Crippen LogP contribution in [0.4, 0.5) is 5.69 Å². The molecule has 5 heteroatoms. The van der Waals surface area contributed by atoms with Crippen molar-refractivity contribution in [2.45, 2.75) is 19.4 Å². The van der Waals surface area contributed by atoms with Gasteiger partial charge in [0.25, 0.3) is 0 Å². The molecule has 5 nitrogen and oxygen atoms in total. The molecule has 0 aliphatic carbocycles. The highest BCUT2D eigenvalue weighted by atomic mass is 16.5. The maximum absolute atomic E-state index is 12.2. The average Bonchev–Trinajstić information content (AvgIpc) is 3.09. The van der Waals surface area contributed by atoms with Gasteiger partial charge in [-0.1, -0.05) is 12.1 Å². The van der Waals surface area contributed by atoms with Crippen LogP contribution in [0.25, 0.3) is 11.3 Å². The quantitative estimate of drug-likeness (QED) is 0.901. The van der Waals surface area contributed by atoms with E-state index in [1.807, 2.05) is 37.3 Å². The second-order valence-corrected chi connectivity index (χ2v) is 5.01. The van der Waals surface area contributed by atoms with Crippen molar-refractivity contribution in [1.82, 2.24) is 10.2 Å². The fourth-order valence-electron chi connectivity index (χ4n) is 2.49. The number of rotatable bonds is 3. The zero-order valence-electron chi connectivity index (χ0n) is 11.3. The largest absolute Gasteiger partial charge is 0.378 e. The van der Waals surface area contributed by atoms with Crippen LogP contribution >= 0.6 is 0 Å². The minimum atomic E-state index is -0.0641. The Labute approximate surface area is 117 Å². The molecule has 2 N–H and O–H groups in total. The number of anilines is 1. The van der Waals surface area contributed by atoms with Gasteiger partial charge in [-0.05, 0) is 31.5 Å². The Balaban J connectivity index is 1.74. The van der Waals surface area contributed by atoms with Gasteiger partial charge in [-0.15, -0.1) is 0 Å². The first-order chi connectivity index (χ1) is 9.74. The van der Waals surface area contributed by atoms with E-state index in [0.29, 0.717) is 6.61 Å². The van der Waals surface area contributed by atoms with E-state index >= 15 is 0 Å². The fourth-order valence-corrected chi connectivity index (χ4v) is 2.49. The molecule has 2 unspecified atom stereocenters. The Kier molecular flexibility index (Phi) is 3.52. The van der Waals surface area contributed by atoms with Crippen molar-refractivity contribution in [1.29, 1.82) is 0 Å². The zero-order chi connectivity index (χ0) is 13.9. The second kappa shape index (κ2) is 5.46. The van der Waals surface area contributed by atoms with Gasteiger partial charge >= 0.3 is 0 Å². The highest BCUT2D eigenvalue weighted by Gasteiger charge is 2.30. The van der Waals surface area contributed by atoms with E-state index in [-0.39, 0.29) is 17.9 Å². The number of amides is 1. The zero-order valence-corrected chi connectivity index (χ0v) is 11.3. The molecule has 0 spiro atoms. The molecule has 0 bridgehead atoms. The Hall–Kier alpha value is -2.14. The first-order valence-corrected chi connectivity index (χ1v) is 6.76. The monoisotopic (exact) mass is 271 g/mol. The summed E-state index contributed by atoms with van der Waals surface area (Å²) in [6.45, 7) is 2.60. The maximum atomic E-state index is 12.2. The molecule has 1 aliphatic rings. The van der Waals surface area contributed by atoms with Gasteiger partial charge in [-0.2, -0.15) is 5.10 Å². The first-order valence-electron chi connectivity index (χ1n) is 6.76. The summed E-state index contributed by atoms with van der Waals surface area (Å²) in [6, 6.07) is 9.61. The lowest BCUT2D eigenvalue weighted by molar-refractivity contribution is -0.121. The molecule has 20 heavy (non-hydrogen) atoms. The van der Waals surface area contributed by atoms with E-state index in [2.05, 4.69) is 15.5 Å². The van der Waals surface area contributed by atoms with Crippen molar-refractivity contribution < 1.29 is 9.53 Å². The molecular formula is C15H17N3O2. The number of aromatic amines is 1. The third-order valence-electron chi connectivity index (χ3n) is 3.65. The number of H-pyrrole nitrogens is 1. The maximum Gasteiger partial charge on any atom is 0.230 e. The van der Waals surface area contributed by atoms with Crippen LogP contribution in [0.2, 0.25) is 0 Å². The number of nitrogens with zero attached hydrogens (tertiary/aromatic N) is 1. The lowest BCUT2D eigenvalue weighted by Crippen LogP contribution is -2.27. The summed E-state index contributed by atoms with van der Waals surface area (Å²) in [5.41, 5.74) is 2.72. The molecule has 2 heterocycles. The van der Waals surface area contributed by atoms with E-state index in [1.54, 1.807) is 6.20 Å². The molecule has 1 aromatic heterocycles. The van der Waals surface area contributed by atoms with Crippen molar-refractivity contribution in [3.05, 3.63) is 36.5 Å². The van der Waals surface area contributed by atoms with Crippen LogP contribution in [0.3, 0.4) is 0 Å². The van der Waals surface area contributed by atoms with Gasteiger partial charge in [0, 0.05) is 24.1 Å². The summed E-state index contributed by atoms with van der Waals surface area (Å²) in [5.74, 6) is -0.0393. The molecule has 0 radical (unpaired) electrons. The number of benzene rings is 1. The molecular weight excluding hydrogens is 254 g/mol. The molecule has 104 valence electrons. The van der Waals surface area contributed by atoms with Gasteiger partial charge < -0.3 is 10.1 Å². The van der Waals surface area contributed by atoms with Crippen LogP contribution in [0, 0.1) is 5.92 Å². The lowest BCUT2D eigenvalue weighted by Gasteiger charge is -2.14. The number of ether oxygens (including phenoxy) is 1. The topological polar surface area (TPSA) is 67.0 Å². The number of carbonyl (C=O) groups is 1. The van der Waals surface area contributed by atoms with Gasteiger partial charge in [0.05, 0.1) is 17.7 Å². The first kappa shape index (κ1) is 12.9. The van der Waals surface area contributed by atoms with Gasteiger partial charge in [0.1, 0.15) is 0 Å². The van der Waals surface area contributed by atoms with Gasteiger partial charge in [-0.3, -0.25) is 9.89 Å². The van der Waals surface area contributed by atoms with Crippen molar-refractivity contribution in [2.75, 3.05) is 11.9 Å². The summed E-state index contributed by atoms with van der Waals surface area (Å²) >= 11 is 0. The molecule has 1 saturated heterocycles. The van der Waals surface area contributed by atoms with Crippen LogP contribution in [0.1, 0.15) is 13.3 Å². The molecule has 1 aromatic carbocycles. The molecule has 1 aliphatic heterocycles. The van der Waals surface area contributed by atoms with Crippen LogP contribution in [0.5, 0.6) is 0 Å². The van der Waals surface area contributed by atoms with E-state index in [0.717, 1.165) is 23.4 Å². The summed E-state index contributed by atoms with van der Waals surface area (Å²) in [7, 11) is 0. The summed E-state index contributed by atoms with van der Waals surface area (Å²) < 4.78 is 5.43. The molecule has 3 rings (SSSR count). The van der Waals surface area contributed by atoms with Gasteiger partial charge in [0.2, 0.25) is 5.91 Å². The summed E-state index contributed by atoms with van der Waals surface area (Å²) in [6.07, 6.45) is 2.48. The van der Waals surface area contributed by atoms with E-state index in [9.17, 15) is 4.79 Å². The van der Waals surface area contributed by atoms with Gasteiger partial charge in [-0.25, -0.2) is 0 Å². The summed E-state index contributed by atoms with van der Waals surface area (Å²) in [5, 5.41) is 9.81. The van der Waals surface area contributed by atoms with Crippen molar-refractivity contribution in [2.24, 2.45) is 5.92 Å². The SMILES string of the molecule is CC1OCCC1C(=O)Nc1cccc(-c2ccn[nH]2)c1. The minimum Gasteiger partial charge on any atom is -0.378 e. The molecule has 1 fully saturated rings. The Bertz CT molecular complexity index is 595. The van der Waals surface area contributed by atoms with E-state index < -0.39 is 0 Å². The Morgan fingerprint density at radius 3 is 3.05 bits per heavy atom. The van der Waals surface area contributed by atoms with Crippen LogP contribution in [-0.2, 0) is 9.53 Å². The Morgan fingerprint density at radius 2 is 2.35 bits per heavy atom. The molecule has 0 saturated carbocycles. The number of hydrogen-bond donors (Lipinski definition) is 2. The number of aromatic nitrogens is 2. The number of hydrogen-bond acceptors (Lipinski definition) is 3. The summed E-state index contributed by atoms with van der Waals surface area (Å²) in [4.78, 5) is 12.2. The number of carbonyl (C=O) groups excluding carboxylic acids is 1. The van der Waals surface area contributed by atoms with Crippen LogP contribution < -0.4 is 5.32 Å². The van der Waals surface area contributed by atoms with Crippen molar-refractivity contribution in [3.63, 3.8) is 0 Å². The van der Waals surface area contributed by atoms with E-state index in [1.165, 1.54) is 0 Å². The molecule has 1 amide bonds. The van der Waals surface area contributed by atoms with Crippen molar-refractivity contribution >= 4 is 11.6 Å². The minimum absolute atomic E-state index is 0.00853. The van der Waals surface area contributed by atoms with Crippen LogP contribution in [0.15, 0.2) is 36.5 Å². The lowest BCUT2D eigenvalue weighted by atomic mass is 10.0. The Morgan fingerprint density at radius 1 is 1.45 bits per heavy atom. The highest BCUT2D eigenvalue weighted by molar-refractivity contribution is 5.93. The molecule has 2 aromatic rings. The van der Waals surface area contributed by atoms with Crippen molar-refractivity contribution in [3.8, 4) is 11.3 Å². The predicted octanol–water partition coefficient (Wildman–Crippen LogP) is 2.44. The standard InChI is InChI=1S/C15H17N3O2/c1-10-13(6-8-20-10)15(19)17-12-4-2-3-11(9-12)14-5-7-16-18-14/h2-5,7,9-10,13H,6,8H2,1H3,(H,16,18)(H,17,19). The normalized spacial score (nSPS) is 21.9. The highest BCUT2D eigenvalue weighted by Crippen LogP contribution is 2.24. The fraction of sp³-hybridized carbons (Fsp3) is 0.333. The van der Waals surface area contributed by atoms with Gasteiger partial charge in [0.15, 0.2) is 0 Å². The third-order valence-corrected chi connectivity index (χ3v) is 3.65.